The summed E-state index contributed by atoms with van der Waals surface area (Å²) >= 11 is 0. The minimum atomic E-state index is -3.86. The normalized spacial score (nSPS) is 12.0. The summed E-state index contributed by atoms with van der Waals surface area (Å²) in [6.07, 6.45) is 33.5. The van der Waals surface area contributed by atoms with E-state index in [0.717, 1.165) is 25.7 Å². The summed E-state index contributed by atoms with van der Waals surface area (Å²) in [6, 6.07) is 0. The van der Waals surface area contributed by atoms with Crippen LogP contribution in [0.3, 0.4) is 0 Å². The predicted octanol–water partition coefficient (Wildman–Crippen LogP) is 11.3. The number of phosphoric acid groups is 1. The third kappa shape index (κ3) is 30.2. The van der Waals surface area contributed by atoms with Crippen LogP contribution in [0.15, 0.2) is 0 Å². The van der Waals surface area contributed by atoms with Crippen molar-refractivity contribution in [3.8, 4) is 0 Å². The van der Waals surface area contributed by atoms with Crippen molar-refractivity contribution in [1.29, 1.82) is 0 Å². The van der Waals surface area contributed by atoms with Crippen molar-refractivity contribution in [3.05, 3.63) is 0 Å². The molecule has 5 heteroatoms. The minimum Gasteiger partial charge on any atom is -0.302 e. The van der Waals surface area contributed by atoms with E-state index in [1.165, 1.54) is 141 Å². The van der Waals surface area contributed by atoms with Gasteiger partial charge in [0.1, 0.15) is 0 Å². The molecule has 0 aliphatic rings. The van der Waals surface area contributed by atoms with Gasteiger partial charge in [-0.15, -0.1) is 0 Å². The Morgan fingerprint density at radius 3 is 0.829 bits per heavy atom. The summed E-state index contributed by atoms with van der Waals surface area (Å²) in [5, 5.41) is 0. The van der Waals surface area contributed by atoms with Crippen molar-refractivity contribution in [2.45, 2.75) is 181 Å². The summed E-state index contributed by atoms with van der Waals surface area (Å²) in [5.41, 5.74) is 0. The van der Waals surface area contributed by atoms with Gasteiger partial charge in [0.15, 0.2) is 0 Å². The van der Waals surface area contributed by atoms with E-state index >= 15 is 0 Å². The average molecular weight is 519 g/mol. The van der Waals surface area contributed by atoms with Crippen LogP contribution in [0.4, 0.5) is 0 Å². The van der Waals surface area contributed by atoms with Gasteiger partial charge in [0.25, 0.3) is 0 Å². The van der Waals surface area contributed by atoms with Crippen LogP contribution in [-0.4, -0.2) is 18.1 Å². The van der Waals surface area contributed by atoms with Crippen LogP contribution in [0.2, 0.25) is 0 Å². The smallest absolute Gasteiger partial charge is 0.302 e. The second-order valence-corrected chi connectivity index (χ2v) is 12.1. The van der Waals surface area contributed by atoms with Crippen LogP contribution in [-0.2, 0) is 13.6 Å². The van der Waals surface area contributed by atoms with E-state index in [0.29, 0.717) is 13.2 Å². The molecule has 212 valence electrons. The van der Waals surface area contributed by atoms with Gasteiger partial charge in [-0.1, -0.05) is 168 Å². The molecule has 4 nitrogen and oxygen atoms in total. The SMILES string of the molecule is CCCCCCCCCCCCCCCOP(=O)(O)OCCCCCCCCCCCCCCC. The zero-order valence-corrected chi connectivity index (χ0v) is 24.8. The van der Waals surface area contributed by atoms with Crippen molar-refractivity contribution in [2.24, 2.45) is 0 Å². The highest BCUT2D eigenvalue weighted by atomic mass is 31.2. The number of hydrogen-bond donors (Lipinski definition) is 1. The summed E-state index contributed by atoms with van der Waals surface area (Å²) in [5.74, 6) is 0. The van der Waals surface area contributed by atoms with Crippen molar-refractivity contribution in [1.82, 2.24) is 0 Å². The van der Waals surface area contributed by atoms with Gasteiger partial charge in [-0.3, -0.25) is 9.05 Å². The molecule has 0 radical (unpaired) electrons. The summed E-state index contributed by atoms with van der Waals surface area (Å²) in [7, 11) is -3.86. The zero-order valence-electron chi connectivity index (χ0n) is 23.9. The lowest BCUT2D eigenvalue weighted by molar-refractivity contribution is 0.145. The van der Waals surface area contributed by atoms with Gasteiger partial charge in [-0.2, -0.15) is 0 Å². The van der Waals surface area contributed by atoms with Gasteiger partial charge < -0.3 is 4.89 Å². The highest BCUT2D eigenvalue weighted by molar-refractivity contribution is 7.47. The van der Waals surface area contributed by atoms with Crippen LogP contribution in [0.5, 0.6) is 0 Å². The van der Waals surface area contributed by atoms with E-state index in [9.17, 15) is 9.46 Å². The lowest BCUT2D eigenvalue weighted by Gasteiger charge is -2.12. The standard InChI is InChI=1S/C30H63O4P/c1-3-5-7-9-11-13-15-17-19-21-23-25-27-29-33-35(31,32)34-30-28-26-24-22-20-18-16-14-12-10-8-6-4-2/h3-30H2,1-2H3,(H,31,32). The molecule has 0 aromatic rings. The predicted molar refractivity (Wildman–Crippen MR) is 153 cm³/mol. The lowest BCUT2D eigenvalue weighted by atomic mass is 10.0. The molecule has 0 aromatic carbocycles. The van der Waals surface area contributed by atoms with E-state index in [1.807, 2.05) is 0 Å². The number of phosphoric ester groups is 1. The van der Waals surface area contributed by atoms with Crippen LogP contribution < -0.4 is 0 Å². The molecular formula is C30H63O4P. The van der Waals surface area contributed by atoms with Crippen molar-refractivity contribution in [3.63, 3.8) is 0 Å². The van der Waals surface area contributed by atoms with Gasteiger partial charge in [-0.05, 0) is 12.8 Å². The topological polar surface area (TPSA) is 55.8 Å². The lowest BCUT2D eigenvalue weighted by Crippen LogP contribution is -1.99. The molecular weight excluding hydrogens is 455 g/mol. The molecule has 0 fully saturated rings. The van der Waals surface area contributed by atoms with Gasteiger partial charge >= 0.3 is 7.82 Å². The highest BCUT2D eigenvalue weighted by Crippen LogP contribution is 2.43. The monoisotopic (exact) mass is 518 g/mol. The molecule has 0 atom stereocenters. The second-order valence-electron chi connectivity index (χ2n) is 10.6. The first kappa shape index (κ1) is 35.1. The van der Waals surface area contributed by atoms with Crippen molar-refractivity contribution < 1.29 is 18.5 Å². The van der Waals surface area contributed by atoms with Gasteiger partial charge in [-0.25, -0.2) is 4.57 Å². The fourth-order valence-electron chi connectivity index (χ4n) is 4.64. The maximum atomic E-state index is 12.0. The quantitative estimate of drug-likeness (QED) is 0.0758. The first-order valence-corrected chi connectivity index (χ1v) is 17.2. The van der Waals surface area contributed by atoms with Crippen LogP contribution in [0.25, 0.3) is 0 Å². The Balaban J connectivity index is 3.28. The van der Waals surface area contributed by atoms with Gasteiger partial charge in [0.2, 0.25) is 0 Å². The van der Waals surface area contributed by atoms with E-state index in [-0.39, 0.29) is 0 Å². The molecule has 0 aliphatic heterocycles. The van der Waals surface area contributed by atoms with Crippen molar-refractivity contribution >= 4 is 7.82 Å². The molecule has 0 aliphatic carbocycles. The molecule has 0 aromatic heterocycles. The van der Waals surface area contributed by atoms with Crippen LogP contribution in [0.1, 0.15) is 181 Å². The van der Waals surface area contributed by atoms with Crippen molar-refractivity contribution in [2.75, 3.05) is 13.2 Å². The third-order valence-corrected chi connectivity index (χ3v) is 8.02. The highest BCUT2D eigenvalue weighted by Gasteiger charge is 2.19. The molecule has 0 unspecified atom stereocenters. The van der Waals surface area contributed by atoms with E-state index < -0.39 is 7.82 Å². The van der Waals surface area contributed by atoms with Crippen LogP contribution in [0, 0.1) is 0 Å². The first-order valence-electron chi connectivity index (χ1n) is 15.7. The molecule has 35 heavy (non-hydrogen) atoms. The molecule has 0 saturated heterocycles. The van der Waals surface area contributed by atoms with E-state index in [4.69, 9.17) is 9.05 Å². The third-order valence-electron chi connectivity index (χ3n) is 7.00. The summed E-state index contributed by atoms with van der Waals surface area (Å²) in [6.45, 7) is 5.18. The molecule has 0 rings (SSSR count). The fraction of sp³-hybridized carbons (Fsp3) is 1.00. The van der Waals surface area contributed by atoms with Crippen LogP contribution >= 0.6 is 7.82 Å². The van der Waals surface area contributed by atoms with E-state index in [2.05, 4.69) is 13.8 Å². The molecule has 0 heterocycles. The number of rotatable bonds is 30. The first-order chi connectivity index (χ1) is 17.1. The van der Waals surface area contributed by atoms with E-state index in [1.54, 1.807) is 0 Å². The Morgan fingerprint density at radius 1 is 0.400 bits per heavy atom. The number of unbranched alkanes of at least 4 members (excludes halogenated alkanes) is 24. The maximum Gasteiger partial charge on any atom is 0.472 e. The fourth-order valence-corrected chi connectivity index (χ4v) is 5.43. The maximum absolute atomic E-state index is 12.0. The Labute approximate surface area is 220 Å². The summed E-state index contributed by atoms with van der Waals surface area (Å²) in [4.78, 5) is 9.81. The Morgan fingerprint density at radius 2 is 0.600 bits per heavy atom. The minimum absolute atomic E-state index is 0.324. The Hall–Kier alpha value is 0.110. The Bertz CT molecular complexity index is 408. The average Bonchev–Trinajstić information content (AvgIpc) is 2.84. The summed E-state index contributed by atoms with van der Waals surface area (Å²) < 4.78 is 22.2. The molecule has 0 spiro atoms. The second kappa shape index (κ2) is 28.7. The van der Waals surface area contributed by atoms with Gasteiger partial charge in [0, 0.05) is 0 Å². The zero-order chi connectivity index (χ0) is 25.7. The Kier molecular flexibility index (Phi) is 28.8. The van der Waals surface area contributed by atoms with Gasteiger partial charge in [0.05, 0.1) is 13.2 Å². The molecule has 0 saturated carbocycles. The largest absolute Gasteiger partial charge is 0.472 e. The number of hydrogen-bond acceptors (Lipinski definition) is 3. The molecule has 0 bridgehead atoms. The molecule has 1 N–H and O–H groups in total. The molecule has 0 amide bonds.